The lowest BCUT2D eigenvalue weighted by Gasteiger charge is -2.16. The van der Waals surface area contributed by atoms with E-state index in [4.69, 9.17) is 27.9 Å². The van der Waals surface area contributed by atoms with Crippen molar-refractivity contribution in [2.75, 3.05) is 11.3 Å². The zero-order valence-electron chi connectivity index (χ0n) is 15.7. The number of nitrogens with one attached hydrogen (secondary N) is 2. The number of anilines is 1. The van der Waals surface area contributed by atoms with Gasteiger partial charge in [-0.25, -0.2) is 8.42 Å². The van der Waals surface area contributed by atoms with Crippen LogP contribution in [-0.2, 0) is 14.8 Å². The summed E-state index contributed by atoms with van der Waals surface area (Å²) in [7, 11) is -3.89. The smallest absolute Gasteiger partial charge is 0.261 e. The standard InChI is InChI=1S/C19H22Cl2N2O4S/c1-12(2)11-22-19(24)13(3)27-14-7-9-15(10-8-14)28(25,26)23-18-16(20)5-4-6-17(18)21/h4-10,12-13,23H,11H2,1-3H3,(H,22,24)/t13-/m1/s1. The molecule has 152 valence electrons. The number of para-hydroxylation sites is 1. The molecule has 0 fully saturated rings. The van der Waals surface area contributed by atoms with E-state index in [1.54, 1.807) is 13.0 Å². The molecule has 1 atom stereocenters. The van der Waals surface area contributed by atoms with Crippen LogP contribution >= 0.6 is 23.2 Å². The van der Waals surface area contributed by atoms with Crippen LogP contribution in [0.15, 0.2) is 47.4 Å². The second-order valence-corrected chi connectivity index (χ2v) is 9.07. The van der Waals surface area contributed by atoms with Gasteiger partial charge in [0.2, 0.25) is 0 Å². The number of amides is 1. The highest BCUT2D eigenvalue weighted by atomic mass is 35.5. The Labute approximate surface area is 175 Å². The average molecular weight is 445 g/mol. The Morgan fingerprint density at radius 1 is 1.04 bits per heavy atom. The number of hydrogen-bond acceptors (Lipinski definition) is 4. The Morgan fingerprint density at radius 2 is 1.61 bits per heavy atom. The van der Waals surface area contributed by atoms with Crippen molar-refractivity contribution < 1.29 is 17.9 Å². The normalized spacial score (nSPS) is 12.5. The predicted molar refractivity (Wildman–Crippen MR) is 112 cm³/mol. The molecule has 2 rings (SSSR count). The van der Waals surface area contributed by atoms with Crippen molar-refractivity contribution in [1.29, 1.82) is 0 Å². The summed E-state index contributed by atoms with van der Waals surface area (Å²) in [5, 5.41) is 3.16. The van der Waals surface area contributed by atoms with E-state index in [0.717, 1.165) is 0 Å². The van der Waals surface area contributed by atoms with Gasteiger partial charge in [-0.1, -0.05) is 43.1 Å². The Balaban J connectivity index is 2.08. The van der Waals surface area contributed by atoms with E-state index in [2.05, 4.69) is 10.0 Å². The van der Waals surface area contributed by atoms with Gasteiger partial charge in [0, 0.05) is 6.54 Å². The van der Waals surface area contributed by atoms with Gasteiger partial charge in [0.05, 0.1) is 20.6 Å². The van der Waals surface area contributed by atoms with Crippen LogP contribution in [0.5, 0.6) is 5.75 Å². The molecule has 0 unspecified atom stereocenters. The molecule has 1 amide bonds. The Kier molecular flexibility index (Phi) is 7.57. The first-order valence-electron chi connectivity index (χ1n) is 8.61. The lowest BCUT2D eigenvalue weighted by Crippen LogP contribution is -2.38. The third-order valence-corrected chi connectivity index (χ3v) is 5.70. The lowest BCUT2D eigenvalue weighted by molar-refractivity contribution is -0.127. The minimum Gasteiger partial charge on any atom is -0.481 e. The molecular weight excluding hydrogens is 423 g/mol. The van der Waals surface area contributed by atoms with E-state index in [-0.39, 0.29) is 26.5 Å². The maximum absolute atomic E-state index is 12.6. The third-order valence-electron chi connectivity index (χ3n) is 3.70. The molecule has 0 spiro atoms. The van der Waals surface area contributed by atoms with Crippen LogP contribution < -0.4 is 14.8 Å². The fraction of sp³-hybridized carbons (Fsp3) is 0.316. The Morgan fingerprint density at radius 3 is 2.14 bits per heavy atom. The van der Waals surface area contributed by atoms with E-state index >= 15 is 0 Å². The quantitative estimate of drug-likeness (QED) is 0.634. The van der Waals surface area contributed by atoms with E-state index in [1.165, 1.54) is 36.4 Å². The third kappa shape index (κ3) is 6.02. The van der Waals surface area contributed by atoms with Crippen LogP contribution in [0.2, 0.25) is 10.0 Å². The summed E-state index contributed by atoms with van der Waals surface area (Å²) in [6.45, 7) is 6.17. The molecule has 2 N–H and O–H groups in total. The number of carbonyl (C=O) groups excluding carboxylic acids is 1. The maximum Gasteiger partial charge on any atom is 0.261 e. The van der Waals surface area contributed by atoms with Gasteiger partial charge in [0.25, 0.3) is 15.9 Å². The van der Waals surface area contributed by atoms with Crippen LogP contribution in [0, 0.1) is 5.92 Å². The Bertz CT molecular complexity index is 911. The number of benzene rings is 2. The van der Waals surface area contributed by atoms with Crippen LogP contribution in [0.4, 0.5) is 5.69 Å². The highest BCUT2D eigenvalue weighted by Crippen LogP contribution is 2.32. The maximum atomic E-state index is 12.6. The summed E-state index contributed by atoms with van der Waals surface area (Å²) >= 11 is 12.0. The number of hydrogen-bond donors (Lipinski definition) is 2. The molecule has 0 bridgehead atoms. The van der Waals surface area contributed by atoms with Gasteiger partial charge in [0.1, 0.15) is 5.75 Å². The zero-order chi connectivity index (χ0) is 20.9. The van der Waals surface area contributed by atoms with Crippen molar-refractivity contribution in [2.45, 2.75) is 31.8 Å². The van der Waals surface area contributed by atoms with Crippen molar-refractivity contribution in [1.82, 2.24) is 5.32 Å². The number of ether oxygens (including phenoxy) is 1. The first-order chi connectivity index (χ1) is 13.1. The molecule has 0 aliphatic heterocycles. The summed E-state index contributed by atoms with van der Waals surface area (Å²) in [4.78, 5) is 12.0. The van der Waals surface area contributed by atoms with Crippen molar-refractivity contribution in [3.05, 3.63) is 52.5 Å². The van der Waals surface area contributed by atoms with Gasteiger partial charge in [0.15, 0.2) is 6.10 Å². The second-order valence-electron chi connectivity index (χ2n) is 6.57. The number of sulfonamides is 1. The summed E-state index contributed by atoms with van der Waals surface area (Å²) < 4.78 is 33.1. The highest BCUT2D eigenvalue weighted by molar-refractivity contribution is 7.92. The first-order valence-corrected chi connectivity index (χ1v) is 10.9. The van der Waals surface area contributed by atoms with Crippen LogP contribution in [0.25, 0.3) is 0 Å². The Hall–Kier alpha value is -1.96. The molecule has 2 aromatic carbocycles. The highest BCUT2D eigenvalue weighted by Gasteiger charge is 2.19. The minimum atomic E-state index is -3.89. The molecule has 0 radical (unpaired) electrons. The van der Waals surface area contributed by atoms with Crippen LogP contribution in [0.1, 0.15) is 20.8 Å². The van der Waals surface area contributed by atoms with Crippen LogP contribution in [-0.4, -0.2) is 27.0 Å². The molecule has 0 saturated carbocycles. The summed E-state index contributed by atoms with van der Waals surface area (Å²) in [5.74, 6) is 0.474. The summed E-state index contributed by atoms with van der Waals surface area (Å²) in [5.41, 5.74) is 0.113. The van der Waals surface area contributed by atoms with Crippen molar-refractivity contribution >= 4 is 44.8 Å². The van der Waals surface area contributed by atoms with Crippen molar-refractivity contribution in [3.8, 4) is 5.75 Å². The SMILES string of the molecule is CC(C)CNC(=O)[C@@H](C)Oc1ccc(S(=O)(=O)Nc2c(Cl)cccc2Cl)cc1. The van der Waals surface area contributed by atoms with Gasteiger partial charge in [-0.05, 0) is 49.2 Å². The molecular formula is C19H22Cl2N2O4S. The number of rotatable bonds is 8. The fourth-order valence-electron chi connectivity index (χ4n) is 2.19. The van der Waals surface area contributed by atoms with Gasteiger partial charge < -0.3 is 10.1 Å². The summed E-state index contributed by atoms with van der Waals surface area (Å²) in [6.07, 6.45) is -0.707. The largest absolute Gasteiger partial charge is 0.481 e. The van der Waals surface area contributed by atoms with E-state index in [9.17, 15) is 13.2 Å². The van der Waals surface area contributed by atoms with Crippen molar-refractivity contribution in [3.63, 3.8) is 0 Å². The molecule has 28 heavy (non-hydrogen) atoms. The summed E-state index contributed by atoms with van der Waals surface area (Å²) in [6, 6.07) is 10.4. The zero-order valence-corrected chi connectivity index (χ0v) is 18.0. The topological polar surface area (TPSA) is 84.5 Å². The van der Waals surface area contributed by atoms with Crippen LogP contribution in [0.3, 0.4) is 0 Å². The molecule has 0 saturated heterocycles. The molecule has 9 heteroatoms. The molecule has 0 aliphatic rings. The van der Waals surface area contributed by atoms with Gasteiger partial charge in [-0.2, -0.15) is 0 Å². The number of carbonyl (C=O) groups is 1. The first kappa shape index (κ1) is 22.3. The molecule has 0 heterocycles. The predicted octanol–water partition coefficient (Wildman–Crippen LogP) is 4.33. The molecule has 0 aliphatic carbocycles. The lowest BCUT2D eigenvalue weighted by atomic mass is 10.2. The molecule has 6 nitrogen and oxygen atoms in total. The molecule has 2 aromatic rings. The van der Waals surface area contributed by atoms with Gasteiger partial charge in [-0.3, -0.25) is 9.52 Å². The monoisotopic (exact) mass is 444 g/mol. The van der Waals surface area contributed by atoms with Gasteiger partial charge in [-0.15, -0.1) is 0 Å². The minimum absolute atomic E-state index is 0.00717. The van der Waals surface area contributed by atoms with E-state index in [1.807, 2.05) is 13.8 Å². The average Bonchev–Trinajstić information content (AvgIpc) is 2.63. The molecule has 0 aromatic heterocycles. The van der Waals surface area contributed by atoms with Crippen molar-refractivity contribution in [2.24, 2.45) is 5.92 Å². The number of halogens is 2. The fourth-order valence-corrected chi connectivity index (χ4v) is 3.90. The second kappa shape index (κ2) is 9.49. The van der Waals surface area contributed by atoms with E-state index < -0.39 is 16.1 Å². The van der Waals surface area contributed by atoms with Gasteiger partial charge >= 0.3 is 0 Å². The van der Waals surface area contributed by atoms with E-state index in [0.29, 0.717) is 18.2 Å².